The Kier molecular flexibility index (Phi) is 3.58. The van der Waals surface area contributed by atoms with Crippen molar-refractivity contribution in [2.45, 2.75) is 11.8 Å². The van der Waals surface area contributed by atoms with Crippen LogP contribution < -0.4 is 5.32 Å². The monoisotopic (exact) mass is 258 g/mol. The number of hydrogen-bond acceptors (Lipinski definition) is 4. The molecule has 0 aliphatic rings. The second-order valence-corrected chi connectivity index (χ2v) is 4.76. The standard InChI is InChI=1S/C13H14N4S/c1-9-7-13(16-17(9)2)15-11-5-4-6-12(18-3)10(11)8-14/h4-7H,1-3H3,(H,15,16). The molecule has 0 unspecified atom stereocenters. The van der Waals surface area contributed by atoms with Crippen LogP contribution in [0.25, 0.3) is 0 Å². The van der Waals surface area contributed by atoms with E-state index in [-0.39, 0.29) is 0 Å². The van der Waals surface area contributed by atoms with E-state index in [0.717, 1.165) is 22.1 Å². The second kappa shape index (κ2) is 5.15. The Morgan fingerprint density at radius 2 is 2.22 bits per heavy atom. The third-order valence-electron chi connectivity index (χ3n) is 2.73. The lowest BCUT2D eigenvalue weighted by Crippen LogP contribution is -1.97. The van der Waals surface area contributed by atoms with E-state index in [1.165, 1.54) is 0 Å². The van der Waals surface area contributed by atoms with Gasteiger partial charge in [-0.15, -0.1) is 11.8 Å². The smallest absolute Gasteiger partial charge is 0.152 e. The topological polar surface area (TPSA) is 53.6 Å². The molecule has 0 bridgehead atoms. The summed E-state index contributed by atoms with van der Waals surface area (Å²) in [7, 11) is 1.89. The van der Waals surface area contributed by atoms with Crippen LogP contribution in [0.5, 0.6) is 0 Å². The molecule has 0 aliphatic carbocycles. The van der Waals surface area contributed by atoms with Crippen molar-refractivity contribution in [2.24, 2.45) is 7.05 Å². The number of aryl methyl sites for hydroxylation is 2. The number of anilines is 2. The summed E-state index contributed by atoms with van der Waals surface area (Å²) in [6.45, 7) is 1.99. The van der Waals surface area contributed by atoms with Gasteiger partial charge in [0, 0.05) is 23.7 Å². The average molecular weight is 258 g/mol. The number of nitriles is 1. The molecule has 0 amide bonds. The van der Waals surface area contributed by atoms with E-state index >= 15 is 0 Å². The zero-order chi connectivity index (χ0) is 13.1. The minimum atomic E-state index is 0.660. The Bertz CT molecular complexity index is 590. The molecule has 0 aliphatic heterocycles. The third kappa shape index (κ3) is 2.34. The van der Waals surface area contributed by atoms with Crippen molar-refractivity contribution >= 4 is 23.3 Å². The van der Waals surface area contributed by atoms with Crippen molar-refractivity contribution < 1.29 is 0 Å². The Labute approximate surface area is 111 Å². The fourth-order valence-electron chi connectivity index (χ4n) is 1.68. The Morgan fingerprint density at radius 3 is 2.78 bits per heavy atom. The maximum Gasteiger partial charge on any atom is 0.152 e. The molecule has 1 heterocycles. The van der Waals surface area contributed by atoms with Crippen LogP contribution in [-0.2, 0) is 7.05 Å². The second-order valence-electron chi connectivity index (χ2n) is 3.91. The first kappa shape index (κ1) is 12.5. The average Bonchev–Trinajstić information content (AvgIpc) is 2.68. The third-order valence-corrected chi connectivity index (χ3v) is 3.51. The van der Waals surface area contributed by atoms with Crippen LogP contribution in [0, 0.1) is 18.3 Å². The predicted octanol–water partition coefficient (Wildman–Crippen LogP) is 3.07. The van der Waals surface area contributed by atoms with Gasteiger partial charge < -0.3 is 5.32 Å². The molecule has 0 fully saturated rings. The summed E-state index contributed by atoms with van der Waals surface area (Å²) in [6.07, 6.45) is 1.96. The molecule has 1 N–H and O–H groups in total. The van der Waals surface area contributed by atoms with Crippen LogP contribution in [0.15, 0.2) is 29.2 Å². The summed E-state index contributed by atoms with van der Waals surface area (Å²) in [5.74, 6) is 0.754. The fourth-order valence-corrected chi connectivity index (χ4v) is 2.25. The SMILES string of the molecule is CSc1cccc(Nc2cc(C)n(C)n2)c1C#N. The Hall–Kier alpha value is -1.93. The van der Waals surface area contributed by atoms with Gasteiger partial charge in [0.2, 0.25) is 0 Å². The first-order valence-electron chi connectivity index (χ1n) is 5.50. The predicted molar refractivity (Wildman–Crippen MR) is 74.2 cm³/mol. The quantitative estimate of drug-likeness (QED) is 0.860. The number of nitrogens with zero attached hydrogens (tertiary/aromatic N) is 3. The highest BCUT2D eigenvalue weighted by atomic mass is 32.2. The summed E-state index contributed by atoms with van der Waals surface area (Å²) in [4.78, 5) is 0.968. The maximum atomic E-state index is 9.24. The van der Waals surface area contributed by atoms with Crippen LogP contribution in [0.2, 0.25) is 0 Å². The highest BCUT2D eigenvalue weighted by Crippen LogP contribution is 2.28. The highest BCUT2D eigenvalue weighted by molar-refractivity contribution is 7.98. The molecule has 1 aromatic heterocycles. The van der Waals surface area contributed by atoms with Gasteiger partial charge in [0.25, 0.3) is 0 Å². The number of hydrogen-bond donors (Lipinski definition) is 1. The normalized spacial score (nSPS) is 10.1. The van der Waals surface area contributed by atoms with E-state index < -0.39 is 0 Å². The van der Waals surface area contributed by atoms with E-state index in [4.69, 9.17) is 0 Å². The lowest BCUT2D eigenvalue weighted by molar-refractivity contribution is 0.743. The number of thioether (sulfide) groups is 1. The molecule has 18 heavy (non-hydrogen) atoms. The maximum absolute atomic E-state index is 9.24. The van der Waals surface area contributed by atoms with Crippen molar-refractivity contribution in [3.63, 3.8) is 0 Å². The van der Waals surface area contributed by atoms with Crippen LogP contribution in [0.1, 0.15) is 11.3 Å². The van der Waals surface area contributed by atoms with E-state index in [1.54, 1.807) is 16.4 Å². The molecule has 2 rings (SSSR count). The summed E-state index contributed by atoms with van der Waals surface area (Å²) in [5, 5.41) is 16.8. The van der Waals surface area contributed by atoms with Gasteiger partial charge in [-0.05, 0) is 25.3 Å². The number of benzene rings is 1. The first-order valence-corrected chi connectivity index (χ1v) is 6.73. The Balaban J connectivity index is 2.37. The van der Waals surface area contributed by atoms with E-state index in [0.29, 0.717) is 5.56 Å². The van der Waals surface area contributed by atoms with Crippen molar-refractivity contribution in [1.82, 2.24) is 9.78 Å². The van der Waals surface area contributed by atoms with Crippen LogP contribution >= 0.6 is 11.8 Å². The van der Waals surface area contributed by atoms with E-state index in [9.17, 15) is 5.26 Å². The van der Waals surface area contributed by atoms with E-state index in [2.05, 4.69) is 16.5 Å². The summed E-state index contributed by atoms with van der Waals surface area (Å²) in [5.41, 5.74) is 2.52. The van der Waals surface area contributed by atoms with Crippen molar-refractivity contribution in [2.75, 3.05) is 11.6 Å². The van der Waals surface area contributed by atoms with Gasteiger partial charge >= 0.3 is 0 Å². The van der Waals surface area contributed by atoms with Gasteiger partial charge in [-0.3, -0.25) is 4.68 Å². The highest BCUT2D eigenvalue weighted by Gasteiger charge is 2.09. The van der Waals surface area contributed by atoms with Gasteiger partial charge in [0.1, 0.15) is 6.07 Å². The van der Waals surface area contributed by atoms with Gasteiger partial charge in [0.15, 0.2) is 5.82 Å². The zero-order valence-corrected chi connectivity index (χ0v) is 11.4. The van der Waals surface area contributed by atoms with Gasteiger partial charge in [-0.1, -0.05) is 6.07 Å². The molecule has 4 nitrogen and oxygen atoms in total. The molecule has 92 valence electrons. The van der Waals surface area contributed by atoms with Gasteiger partial charge in [-0.2, -0.15) is 10.4 Å². The van der Waals surface area contributed by atoms with Gasteiger partial charge in [0.05, 0.1) is 11.3 Å². The molecular weight excluding hydrogens is 244 g/mol. The summed E-state index contributed by atoms with van der Waals surface area (Å²) in [6, 6.07) is 9.96. The summed E-state index contributed by atoms with van der Waals surface area (Å²) < 4.78 is 1.80. The summed E-state index contributed by atoms with van der Waals surface area (Å²) >= 11 is 1.56. The number of rotatable bonds is 3. The van der Waals surface area contributed by atoms with E-state index in [1.807, 2.05) is 44.5 Å². The lowest BCUT2D eigenvalue weighted by atomic mass is 10.2. The van der Waals surface area contributed by atoms with Crippen LogP contribution in [-0.4, -0.2) is 16.0 Å². The largest absolute Gasteiger partial charge is 0.338 e. The number of nitrogens with one attached hydrogen (secondary N) is 1. The molecule has 1 aromatic carbocycles. The van der Waals surface area contributed by atoms with Crippen molar-refractivity contribution in [3.8, 4) is 6.07 Å². The number of aromatic nitrogens is 2. The Morgan fingerprint density at radius 1 is 1.44 bits per heavy atom. The minimum absolute atomic E-state index is 0.660. The van der Waals surface area contributed by atoms with Crippen LogP contribution in [0.4, 0.5) is 11.5 Å². The molecule has 0 saturated carbocycles. The first-order chi connectivity index (χ1) is 8.65. The lowest BCUT2D eigenvalue weighted by Gasteiger charge is -2.08. The molecule has 0 radical (unpaired) electrons. The molecule has 2 aromatic rings. The zero-order valence-electron chi connectivity index (χ0n) is 10.6. The van der Waals surface area contributed by atoms with Crippen molar-refractivity contribution in [3.05, 3.63) is 35.5 Å². The van der Waals surface area contributed by atoms with Crippen LogP contribution in [0.3, 0.4) is 0 Å². The fraction of sp³-hybridized carbons (Fsp3) is 0.231. The molecule has 0 atom stereocenters. The molecule has 0 saturated heterocycles. The molecular formula is C13H14N4S. The molecule has 0 spiro atoms. The van der Waals surface area contributed by atoms with Gasteiger partial charge in [-0.25, -0.2) is 0 Å². The van der Waals surface area contributed by atoms with Crippen molar-refractivity contribution in [1.29, 1.82) is 5.26 Å². The minimum Gasteiger partial charge on any atom is -0.338 e. The molecule has 5 heteroatoms.